The van der Waals surface area contributed by atoms with Gasteiger partial charge in [-0.1, -0.05) is 19.1 Å². The van der Waals surface area contributed by atoms with Crippen LogP contribution in [0.25, 0.3) is 22.2 Å². The van der Waals surface area contributed by atoms with Gasteiger partial charge in [0.05, 0.1) is 23.1 Å². The number of fused-ring (bicyclic) bond motifs is 2. The van der Waals surface area contributed by atoms with E-state index in [1.165, 1.54) is 12.1 Å². The van der Waals surface area contributed by atoms with E-state index >= 15 is 0 Å². The fraction of sp³-hybridized carbons (Fsp3) is 0.231. The Morgan fingerprint density at radius 1 is 1.06 bits per heavy atom. The molecule has 5 rings (SSSR count). The van der Waals surface area contributed by atoms with Gasteiger partial charge in [-0.3, -0.25) is 4.79 Å². The Bertz CT molecular complexity index is 1360. The lowest BCUT2D eigenvalue weighted by Crippen LogP contribution is -2.32. The second kappa shape index (κ2) is 8.52. The van der Waals surface area contributed by atoms with Crippen molar-refractivity contribution < 1.29 is 22.7 Å². The summed E-state index contributed by atoms with van der Waals surface area (Å²) in [7, 11) is 0. The summed E-state index contributed by atoms with van der Waals surface area (Å²) in [5.74, 6) is 1.30. The lowest BCUT2D eigenvalue weighted by atomic mass is 10.0. The minimum atomic E-state index is -4.44. The van der Waals surface area contributed by atoms with E-state index in [4.69, 9.17) is 4.74 Å². The average molecular weight is 465 g/mol. The number of rotatable bonds is 3. The number of aromatic amines is 1. The number of carbonyl (C=O) groups excluding carboxylic acids is 1. The quantitative estimate of drug-likeness (QED) is 0.413. The van der Waals surface area contributed by atoms with Gasteiger partial charge in [-0.05, 0) is 59.7 Å². The molecule has 0 spiro atoms. The molecule has 0 bridgehead atoms. The Kier molecular flexibility index (Phi) is 5.51. The molecule has 1 N–H and O–H groups in total. The fourth-order valence-corrected chi connectivity index (χ4v) is 4.14. The first kappa shape index (κ1) is 22.0. The summed E-state index contributed by atoms with van der Waals surface area (Å²) in [5.41, 5.74) is 4.12. The monoisotopic (exact) mass is 465 g/mol. The van der Waals surface area contributed by atoms with Gasteiger partial charge in [0.15, 0.2) is 0 Å². The van der Waals surface area contributed by atoms with Crippen LogP contribution in [0.1, 0.15) is 34.2 Å². The minimum Gasteiger partial charge on any atom is -0.491 e. The largest absolute Gasteiger partial charge is 0.491 e. The van der Waals surface area contributed by atoms with Crippen molar-refractivity contribution in [1.82, 2.24) is 14.9 Å². The van der Waals surface area contributed by atoms with Crippen LogP contribution in [-0.4, -0.2) is 33.9 Å². The van der Waals surface area contributed by atoms with Gasteiger partial charge in [0, 0.05) is 24.1 Å². The van der Waals surface area contributed by atoms with Gasteiger partial charge in [0.2, 0.25) is 0 Å². The minimum absolute atomic E-state index is 0.212. The van der Waals surface area contributed by atoms with E-state index in [-0.39, 0.29) is 11.5 Å². The molecule has 5 nitrogen and oxygen atoms in total. The Morgan fingerprint density at radius 2 is 1.79 bits per heavy atom. The second-order valence-electron chi connectivity index (χ2n) is 8.24. The molecule has 1 aromatic heterocycles. The number of aromatic nitrogens is 2. The molecule has 1 aliphatic heterocycles. The molecule has 2 heterocycles. The molecule has 174 valence electrons. The highest BCUT2D eigenvalue weighted by Gasteiger charge is 2.30. The fourth-order valence-electron chi connectivity index (χ4n) is 4.14. The van der Waals surface area contributed by atoms with Gasteiger partial charge in [0.1, 0.15) is 18.2 Å². The molecule has 1 amide bonds. The number of carbonyl (C=O) groups is 1. The summed E-state index contributed by atoms with van der Waals surface area (Å²) in [4.78, 5) is 22.5. The van der Waals surface area contributed by atoms with Crippen LogP contribution < -0.4 is 4.74 Å². The number of halogens is 3. The SMILES string of the molecule is CCc1nc2ccc(-c3ccc4c(c3)CN(C(=O)c3ccc(C(F)(F)F)cc3)CCO4)cc2[nH]1. The van der Waals surface area contributed by atoms with Crippen molar-refractivity contribution in [1.29, 1.82) is 0 Å². The normalized spacial score (nSPS) is 13.9. The summed E-state index contributed by atoms with van der Waals surface area (Å²) in [6.45, 7) is 2.99. The van der Waals surface area contributed by atoms with Crippen molar-refractivity contribution >= 4 is 16.9 Å². The third kappa shape index (κ3) is 4.23. The first-order valence-corrected chi connectivity index (χ1v) is 11.0. The molecule has 0 saturated carbocycles. The number of benzene rings is 3. The number of nitrogens with zero attached hydrogens (tertiary/aromatic N) is 2. The topological polar surface area (TPSA) is 58.2 Å². The number of amides is 1. The van der Waals surface area contributed by atoms with Crippen LogP contribution in [0.2, 0.25) is 0 Å². The number of alkyl halides is 3. The summed E-state index contributed by atoms with van der Waals surface area (Å²) in [6, 6.07) is 16.2. The predicted molar refractivity (Wildman–Crippen MR) is 123 cm³/mol. The smallest absolute Gasteiger partial charge is 0.416 e. The molecule has 34 heavy (non-hydrogen) atoms. The van der Waals surface area contributed by atoms with E-state index in [0.717, 1.165) is 52.1 Å². The van der Waals surface area contributed by atoms with Gasteiger partial charge in [-0.2, -0.15) is 13.2 Å². The van der Waals surface area contributed by atoms with E-state index in [1.807, 2.05) is 43.3 Å². The number of aryl methyl sites for hydroxylation is 1. The zero-order chi connectivity index (χ0) is 23.9. The Hall–Kier alpha value is -3.81. The summed E-state index contributed by atoms with van der Waals surface area (Å²) in [6.07, 6.45) is -3.62. The summed E-state index contributed by atoms with van der Waals surface area (Å²) in [5, 5.41) is 0. The Morgan fingerprint density at radius 3 is 2.53 bits per heavy atom. The third-order valence-corrected chi connectivity index (χ3v) is 5.99. The average Bonchev–Trinajstić information content (AvgIpc) is 3.13. The highest BCUT2D eigenvalue weighted by molar-refractivity contribution is 5.94. The number of nitrogens with one attached hydrogen (secondary N) is 1. The maximum absolute atomic E-state index is 13.0. The van der Waals surface area contributed by atoms with Gasteiger partial charge in [-0.15, -0.1) is 0 Å². The van der Waals surface area contributed by atoms with Crippen molar-refractivity contribution in [3.8, 4) is 16.9 Å². The van der Waals surface area contributed by atoms with E-state index in [2.05, 4.69) is 9.97 Å². The van der Waals surface area contributed by atoms with Crippen LogP contribution >= 0.6 is 0 Å². The lowest BCUT2D eigenvalue weighted by molar-refractivity contribution is -0.137. The third-order valence-electron chi connectivity index (χ3n) is 5.99. The first-order valence-electron chi connectivity index (χ1n) is 11.0. The van der Waals surface area contributed by atoms with Crippen LogP contribution in [0, 0.1) is 0 Å². The van der Waals surface area contributed by atoms with Gasteiger partial charge in [-0.25, -0.2) is 4.98 Å². The highest BCUT2D eigenvalue weighted by atomic mass is 19.4. The van der Waals surface area contributed by atoms with Crippen LogP contribution in [-0.2, 0) is 19.1 Å². The lowest BCUT2D eigenvalue weighted by Gasteiger charge is -2.20. The Balaban J connectivity index is 1.41. The molecule has 0 saturated heterocycles. The number of ether oxygens (including phenoxy) is 1. The van der Waals surface area contributed by atoms with Crippen molar-refractivity contribution in [2.24, 2.45) is 0 Å². The van der Waals surface area contributed by atoms with Crippen LogP contribution in [0.15, 0.2) is 60.7 Å². The molecule has 1 aliphatic rings. The van der Waals surface area contributed by atoms with Crippen molar-refractivity contribution in [2.45, 2.75) is 26.1 Å². The van der Waals surface area contributed by atoms with Crippen LogP contribution in [0.3, 0.4) is 0 Å². The van der Waals surface area contributed by atoms with Crippen molar-refractivity contribution in [3.05, 3.63) is 83.2 Å². The standard InChI is InChI=1S/C26H22F3N3O2/c1-2-24-30-21-9-5-18(14-22(21)31-24)17-6-10-23-19(13-17)15-32(11-12-34-23)25(33)16-3-7-20(8-4-16)26(27,28)29/h3-10,13-14H,2,11-12,15H2,1H3,(H,30,31). The van der Waals surface area contributed by atoms with E-state index in [1.54, 1.807) is 4.90 Å². The predicted octanol–water partition coefficient (Wildman–Crippen LogP) is 5.85. The molecule has 4 aromatic rings. The molecular weight excluding hydrogens is 443 g/mol. The number of H-pyrrole nitrogens is 1. The second-order valence-corrected chi connectivity index (χ2v) is 8.24. The highest BCUT2D eigenvalue weighted by Crippen LogP contribution is 2.32. The van der Waals surface area contributed by atoms with Crippen LogP contribution in [0.4, 0.5) is 13.2 Å². The molecule has 0 atom stereocenters. The number of hydrogen-bond donors (Lipinski definition) is 1. The Labute approximate surface area is 194 Å². The summed E-state index contributed by atoms with van der Waals surface area (Å²) < 4.78 is 44.4. The van der Waals surface area contributed by atoms with E-state index in [9.17, 15) is 18.0 Å². The maximum atomic E-state index is 13.0. The van der Waals surface area contributed by atoms with E-state index < -0.39 is 11.7 Å². The summed E-state index contributed by atoms with van der Waals surface area (Å²) >= 11 is 0. The zero-order valence-corrected chi connectivity index (χ0v) is 18.4. The molecule has 0 radical (unpaired) electrons. The molecule has 0 fully saturated rings. The molecule has 0 aliphatic carbocycles. The van der Waals surface area contributed by atoms with Gasteiger partial charge in [0.25, 0.3) is 5.91 Å². The first-order chi connectivity index (χ1) is 16.3. The molecule has 3 aromatic carbocycles. The molecule has 8 heteroatoms. The molecular formula is C26H22F3N3O2. The number of imidazole rings is 1. The van der Waals surface area contributed by atoms with Gasteiger partial charge < -0.3 is 14.6 Å². The zero-order valence-electron chi connectivity index (χ0n) is 18.4. The van der Waals surface area contributed by atoms with Crippen LogP contribution in [0.5, 0.6) is 5.75 Å². The van der Waals surface area contributed by atoms with Gasteiger partial charge >= 0.3 is 6.18 Å². The molecule has 0 unspecified atom stereocenters. The maximum Gasteiger partial charge on any atom is 0.416 e. The van der Waals surface area contributed by atoms with E-state index in [0.29, 0.717) is 25.4 Å². The van der Waals surface area contributed by atoms with Crippen molar-refractivity contribution in [3.63, 3.8) is 0 Å². The number of hydrogen-bond acceptors (Lipinski definition) is 3. The van der Waals surface area contributed by atoms with Crippen molar-refractivity contribution in [2.75, 3.05) is 13.2 Å².